The molecule has 3 heterocycles. The first-order valence-electron chi connectivity index (χ1n) is 8.19. The molecule has 0 aromatic carbocycles. The fraction of sp³-hybridized carbons (Fsp3) is 1.00. The van der Waals surface area contributed by atoms with Crippen molar-refractivity contribution >= 4 is 0 Å². The fourth-order valence-corrected chi connectivity index (χ4v) is 4.33. The number of nitrogens with zero attached hydrogens (tertiary/aromatic N) is 2. The van der Waals surface area contributed by atoms with E-state index in [0.717, 1.165) is 31.2 Å². The minimum atomic E-state index is 0.377. The molecule has 0 aliphatic carbocycles. The van der Waals surface area contributed by atoms with Crippen LogP contribution >= 0.6 is 0 Å². The molecule has 0 aromatic rings. The monoisotopic (exact) mass is 266 g/mol. The lowest BCUT2D eigenvalue weighted by atomic mass is 9.84. The highest BCUT2D eigenvalue weighted by atomic mass is 16.5. The largest absolute Gasteiger partial charge is 0.381 e. The van der Waals surface area contributed by atoms with E-state index in [1.54, 1.807) is 0 Å². The Morgan fingerprint density at radius 3 is 2.58 bits per heavy atom. The van der Waals surface area contributed by atoms with E-state index < -0.39 is 0 Å². The van der Waals surface area contributed by atoms with Gasteiger partial charge in [0.05, 0.1) is 0 Å². The molecule has 3 aliphatic rings. The molecular weight excluding hydrogens is 236 g/mol. The number of fused-ring (bicyclic) bond motifs is 1. The minimum Gasteiger partial charge on any atom is -0.381 e. The highest BCUT2D eigenvalue weighted by molar-refractivity contribution is 5.00. The maximum absolute atomic E-state index is 5.60. The Labute approximate surface area is 118 Å². The first kappa shape index (κ1) is 13.8. The van der Waals surface area contributed by atoms with Crippen LogP contribution in [-0.4, -0.2) is 60.3 Å². The molecule has 0 radical (unpaired) electrons. The van der Waals surface area contributed by atoms with Gasteiger partial charge in [0.1, 0.15) is 0 Å². The Balaban J connectivity index is 1.79. The van der Waals surface area contributed by atoms with Crippen LogP contribution in [0.15, 0.2) is 0 Å². The van der Waals surface area contributed by atoms with Gasteiger partial charge in [-0.05, 0) is 45.1 Å². The van der Waals surface area contributed by atoms with Crippen molar-refractivity contribution in [2.24, 2.45) is 5.92 Å². The molecule has 3 nitrogen and oxygen atoms in total. The number of ether oxygens (including phenoxy) is 1. The van der Waals surface area contributed by atoms with Gasteiger partial charge in [-0.1, -0.05) is 13.8 Å². The SMILES string of the molecule is CC(C)C1CN2CCCC2CN1C1(C)CCOCC1. The van der Waals surface area contributed by atoms with E-state index in [-0.39, 0.29) is 0 Å². The minimum absolute atomic E-state index is 0.377. The van der Waals surface area contributed by atoms with Crippen molar-refractivity contribution in [1.82, 2.24) is 9.80 Å². The summed E-state index contributed by atoms with van der Waals surface area (Å²) in [6.07, 6.45) is 5.24. The van der Waals surface area contributed by atoms with Crippen molar-refractivity contribution in [3.8, 4) is 0 Å². The normalized spacial score (nSPS) is 36.6. The summed E-state index contributed by atoms with van der Waals surface area (Å²) in [7, 11) is 0. The van der Waals surface area contributed by atoms with Crippen molar-refractivity contribution < 1.29 is 4.74 Å². The van der Waals surface area contributed by atoms with Gasteiger partial charge in [0.2, 0.25) is 0 Å². The van der Waals surface area contributed by atoms with Crippen LogP contribution in [-0.2, 0) is 4.74 Å². The summed E-state index contributed by atoms with van der Waals surface area (Å²) in [5.74, 6) is 0.751. The number of hydrogen-bond donors (Lipinski definition) is 0. The lowest BCUT2D eigenvalue weighted by Gasteiger charge is -2.54. The smallest absolute Gasteiger partial charge is 0.0483 e. The molecule has 110 valence electrons. The zero-order valence-corrected chi connectivity index (χ0v) is 12.9. The predicted octanol–water partition coefficient (Wildman–Crippen LogP) is 2.36. The molecule has 0 saturated carbocycles. The Hall–Kier alpha value is -0.120. The van der Waals surface area contributed by atoms with Crippen molar-refractivity contribution in [2.75, 3.05) is 32.8 Å². The average molecular weight is 266 g/mol. The first-order valence-corrected chi connectivity index (χ1v) is 8.19. The molecular formula is C16H30N2O. The van der Waals surface area contributed by atoms with E-state index in [1.807, 2.05) is 0 Å². The molecule has 3 aliphatic heterocycles. The van der Waals surface area contributed by atoms with Crippen molar-refractivity contribution in [3.05, 3.63) is 0 Å². The molecule has 3 rings (SSSR count). The van der Waals surface area contributed by atoms with Gasteiger partial charge in [-0.3, -0.25) is 9.80 Å². The maximum Gasteiger partial charge on any atom is 0.0483 e. The third-order valence-electron chi connectivity index (χ3n) is 5.76. The van der Waals surface area contributed by atoms with E-state index in [0.29, 0.717) is 5.54 Å². The Kier molecular flexibility index (Phi) is 3.89. The van der Waals surface area contributed by atoms with E-state index in [4.69, 9.17) is 4.74 Å². The van der Waals surface area contributed by atoms with E-state index in [9.17, 15) is 0 Å². The summed E-state index contributed by atoms with van der Waals surface area (Å²) in [5.41, 5.74) is 0.377. The van der Waals surface area contributed by atoms with Gasteiger partial charge in [0, 0.05) is 43.9 Å². The summed E-state index contributed by atoms with van der Waals surface area (Å²) in [6, 6.07) is 1.56. The zero-order valence-electron chi connectivity index (χ0n) is 12.9. The zero-order chi connectivity index (χ0) is 13.5. The highest BCUT2D eigenvalue weighted by Crippen LogP contribution is 2.36. The molecule has 3 saturated heterocycles. The Morgan fingerprint density at radius 2 is 1.89 bits per heavy atom. The number of hydrogen-bond acceptors (Lipinski definition) is 3. The van der Waals surface area contributed by atoms with Crippen LogP contribution in [0.1, 0.15) is 46.5 Å². The molecule has 19 heavy (non-hydrogen) atoms. The molecule has 3 heteroatoms. The Morgan fingerprint density at radius 1 is 1.16 bits per heavy atom. The molecule has 0 amide bonds. The van der Waals surface area contributed by atoms with Crippen molar-refractivity contribution in [3.63, 3.8) is 0 Å². The molecule has 0 spiro atoms. The van der Waals surface area contributed by atoms with Crippen molar-refractivity contribution in [1.29, 1.82) is 0 Å². The van der Waals surface area contributed by atoms with Gasteiger partial charge in [-0.15, -0.1) is 0 Å². The molecule has 2 unspecified atom stereocenters. The van der Waals surface area contributed by atoms with Gasteiger partial charge < -0.3 is 4.74 Å². The second-order valence-electron chi connectivity index (χ2n) is 7.36. The molecule has 0 bridgehead atoms. The van der Waals surface area contributed by atoms with Crippen LogP contribution in [0.5, 0.6) is 0 Å². The van der Waals surface area contributed by atoms with Gasteiger partial charge in [-0.25, -0.2) is 0 Å². The Bertz CT molecular complexity index is 312. The first-order chi connectivity index (χ1) is 9.10. The summed E-state index contributed by atoms with van der Waals surface area (Å²) >= 11 is 0. The van der Waals surface area contributed by atoms with Crippen LogP contribution in [0, 0.1) is 5.92 Å². The second kappa shape index (κ2) is 5.34. The lowest BCUT2D eigenvalue weighted by Crippen LogP contribution is -2.65. The van der Waals surface area contributed by atoms with Gasteiger partial charge in [-0.2, -0.15) is 0 Å². The number of piperazine rings is 1. The van der Waals surface area contributed by atoms with Gasteiger partial charge in [0.25, 0.3) is 0 Å². The average Bonchev–Trinajstić information content (AvgIpc) is 2.85. The summed E-state index contributed by atoms with van der Waals surface area (Å²) < 4.78 is 5.60. The quantitative estimate of drug-likeness (QED) is 0.763. The molecule has 3 fully saturated rings. The van der Waals surface area contributed by atoms with Crippen molar-refractivity contribution in [2.45, 2.75) is 64.1 Å². The second-order valence-corrected chi connectivity index (χ2v) is 7.36. The molecule has 0 N–H and O–H groups in total. The third kappa shape index (κ3) is 2.57. The standard InChI is InChI=1S/C16H30N2O/c1-13(2)15-12-17-8-4-5-14(17)11-18(15)16(3)6-9-19-10-7-16/h13-15H,4-12H2,1-3H3. The highest BCUT2D eigenvalue weighted by Gasteiger charge is 2.45. The summed E-state index contributed by atoms with van der Waals surface area (Å²) in [6.45, 7) is 13.1. The maximum atomic E-state index is 5.60. The van der Waals surface area contributed by atoms with Crippen LogP contribution in [0.2, 0.25) is 0 Å². The van der Waals surface area contributed by atoms with E-state index in [2.05, 4.69) is 30.6 Å². The topological polar surface area (TPSA) is 15.7 Å². The summed E-state index contributed by atoms with van der Waals surface area (Å²) in [4.78, 5) is 5.62. The van der Waals surface area contributed by atoms with Crippen LogP contribution in [0.3, 0.4) is 0 Å². The van der Waals surface area contributed by atoms with Gasteiger partial charge in [0.15, 0.2) is 0 Å². The molecule has 0 aromatic heterocycles. The fourth-order valence-electron chi connectivity index (χ4n) is 4.33. The van der Waals surface area contributed by atoms with Crippen LogP contribution < -0.4 is 0 Å². The lowest BCUT2D eigenvalue weighted by molar-refractivity contribution is -0.0842. The number of rotatable bonds is 2. The molecule has 2 atom stereocenters. The summed E-state index contributed by atoms with van der Waals surface area (Å²) in [5, 5.41) is 0. The van der Waals surface area contributed by atoms with E-state index >= 15 is 0 Å². The van der Waals surface area contributed by atoms with E-state index in [1.165, 1.54) is 45.3 Å². The van der Waals surface area contributed by atoms with Gasteiger partial charge >= 0.3 is 0 Å². The van der Waals surface area contributed by atoms with Crippen LogP contribution in [0.4, 0.5) is 0 Å². The predicted molar refractivity (Wildman–Crippen MR) is 78.4 cm³/mol. The third-order valence-corrected chi connectivity index (χ3v) is 5.76. The van der Waals surface area contributed by atoms with Crippen LogP contribution in [0.25, 0.3) is 0 Å².